The molecule has 0 aliphatic heterocycles. The minimum Gasteiger partial charge on any atom is -0.393 e. The molecule has 0 spiro atoms. The highest BCUT2D eigenvalue weighted by Gasteiger charge is 2.14. The van der Waals surface area contributed by atoms with Crippen molar-refractivity contribution < 1.29 is 4.92 Å². The molecule has 0 saturated heterocycles. The quantitative estimate of drug-likeness (QED) is 0.407. The summed E-state index contributed by atoms with van der Waals surface area (Å²) in [6.07, 6.45) is 2.98. The van der Waals surface area contributed by atoms with E-state index in [1.165, 1.54) is 18.5 Å². The van der Waals surface area contributed by atoms with Crippen LogP contribution in [0.25, 0.3) is 22.6 Å². The third kappa shape index (κ3) is 1.84. The Labute approximate surface area is 106 Å². The Balaban J connectivity index is 2.16. The lowest BCUT2D eigenvalue weighted by molar-refractivity contribution is -0.383. The molecule has 8 nitrogen and oxygen atoms in total. The van der Waals surface area contributed by atoms with Gasteiger partial charge in [-0.15, -0.1) is 0 Å². The number of fused-ring (bicyclic) bond motifs is 1. The van der Waals surface area contributed by atoms with Crippen molar-refractivity contribution in [3.63, 3.8) is 0 Å². The Morgan fingerprint density at radius 2 is 2.21 bits per heavy atom. The number of rotatable bonds is 2. The van der Waals surface area contributed by atoms with Crippen molar-refractivity contribution in [1.82, 2.24) is 19.9 Å². The van der Waals surface area contributed by atoms with Crippen molar-refractivity contribution in [3.8, 4) is 11.4 Å². The molecule has 0 fully saturated rings. The maximum absolute atomic E-state index is 10.9. The SMILES string of the molecule is Nc1ccc(-c2nc3ncncc3[nH]2)cc1[N+](=O)[O-]. The number of nitrogen functional groups attached to an aromatic ring is 1. The second-order valence-corrected chi connectivity index (χ2v) is 3.88. The lowest BCUT2D eigenvalue weighted by atomic mass is 10.1. The fourth-order valence-electron chi connectivity index (χ4n) is 1.75. The second kappa shape index (κ2) is 4.02. The molecule has 3 aromatic rings. The van der Waals surface area contributed by atoms with Gasteiger partial charge in [-0.1, -0.05) is 0 Å². The van der Waals surface area contributed by atoms with Crippen molar-refractivity contribution in [2.75, 3.05) is 5.73 Å². The molecule has 3 N–H and O–H groups in total. The first-order chi connectivity index (χ1) is 9.15. The molecule has 0 amide bonds. The van der Waals surface area contributed by atoms with Gasteiger partial charge in [0.2, 0.25) is 0 Å². The van der Waals surface area contributed by atoms with Gasteiger partial charge in [-0.3, -0.25) is 10.1 Å². The van der Waals surface area contributed by atoms with E-state index in [1.54, 1.807) is 12.3 Å². The van der Waals surface area contributed by atoms with Crippen LogP contribution in [-0.4, -0.2) is 24.9 Å². The zero-order chi connectivity index (χ0) is 13.4. The number of nitrogens with zero attached hydrogens (tertiary/aromatic N) is 4. The van der Waals surface area contributed by atoms with E-state index in [4.69, 9.17) is 5.73 Å². The summed E-state index contributed by atoms with van der Waals surface area (Å²) in [6, 6.07) is 4.51. The number of nitro benzene ring substituents is 1. The zero-order valence-electron chi connectivity index (χ0n) is 9.57. The summed E-state index contributed by atoms with van der Waals surface area (Å²) >= 11 is 0. The van der Waals surface area contributed by atoms with Gasteiger partial charge in [-0.2, -0.15) is 0 Å². The Kier molecular flexibility index (Phi) is 2.34. The number of nitrogens with two attached hydrogens (primary N) is 1. The average molecular weight is 256 g/mol. The number of hydrogen-bond donors (Lipinski definition) is 2. The van der Waals surface area contributed by atoms with E-state index in [9.17, 15) is 10.1 Å². The minimum absolute atomic E-state index is 0.115. The standard InChI is InChI=1S/C11H8N6O2/c12-7-2-1-6(3-9(7)17(18)19)10-15-8-4-13-5-14-11(8)16-10/h1-5H,12H2,(H,13,14,15,16). The highest BCUT2D eigenvalue weighted by atomic mass is 16.6. The Bertz CT molecular complexity index is 749. The van der Waals surface area contributed by atoms with Crippen LogP contribution in [0.4, 0.5) is 11.4 Å². The van der Waals surface area contributed by atoms with Crippen LogP contribution >= 0.6 is 0 Å². The van der Waals surface area contributed by atoms with Gasteiger partial charge in [0.05, 0.1) is 11.1 Å². The van der Waals surface area contributed by atoms with E-state index in [2.05, 4.69) is 19.9 Å². The molecule has 0 aliphatic carbocycles. The first-order valence-electron chi connectivity index (χ1n) is 5.35. The maximum Gasteiger partial charge on any atom is 0.292 e. The van der Waals surface area contributed by atoms with E-state index < -0.39 is 4.92 Å². The highest BCUT2D eigenvalue weighted by molar-refractivity contribution is 5.76. The van der Waals surface area contributed by atoms with Crippen LogP contribution < -0.4 is 5.73 Å². The van der Waals surface area contributed by atoms with E-state index in [-0.39, 0.29) is 11.4 Å². The van der Waals surface area contributed by atoms with Gasteiger partial charge < -0.3 is 10.7 Å². The van der Waals surface area contributed by atoms with Crippen molar-refractivity contribution in [1.29, 1.82) is 0 Å². The van der Waals surface area contributed by atoms with Crippen LogP contribution in [0.15, 0.2) is 30.7 Å². The van der Waals surface area contributed by atoms with Gasteiger partial charge in [0.25, 0.3) is 5.69 Å². The fraction of sp³-hybridized carbons (Fsp3) is 0. The summed E-state index contributed by atoms with van der Waals surface area (Å²) in [6.45, 7) is 0. The van der Waals surface area contributed by atoms with Crippen molar-refractivity contribution in [2.24, 2.45) is 0 Å². The monoisotopic (exact) mass is 256 g/mol. The number of nitrogens with one attached hydrogen (secondary N) is 1. The third-order valence-electron chi connectivity index (χ3n) is 2.66. The Morgan fingerprint density at radius 1 is 1.37 bits per heavy atom. The number of aromatic amines is 1. The predicted molar refractivity (Wildman–Crippen MR) is 68.2 cm³/mol. The van der Waals surface area contributed by atoms with E-state index >= 15 is 0 Å². The molecule has 19 heavy (non-hydrogen) atoms. The molecule has 0 saturated carbocycles. The molecular weight excluding hydrogens is 248 g/mol. The normalized spacial score (nSPS) is 10.7. The van der Waals surface area contributed by atoms with Crippen LogP contribution in [0.3, 0.4) is 0 Å². The number of imidazole rings is 1. The van der Waals surface area contributed by atoms with Gasteiger partial charge >= 0.3 is 0 Å². The van der Waals surface area contributed by atoms with Crippen LogP contribution in [0.1, 0.15) is 0 Å². The third-order valence-corrected chi connectivity index (χ3v) is 2.66. The first kappa shape index (κ1) is 11.1. The number of anilines is 1. The van der Waals surface area contributed by atoms with Crippen molar-refractivity contribution >= 4 is 22.5 Å². The fourth-order valence-corrected chi connectivity index (χ4v) is 1.75. The van der Waals surface area contributed by atoms with E-state index in [1.807, 2.05) is 0 Å². The van der Waals surface area contributed by atoms with Crippen LogP contribution in [0.2, 0.25) is 0 Å². The smallest absolute Gasteiger partial charge is 0.292 e. The molecule has 0 atom stereocenters. The van der Waals surface area contributed by atoms with Crippen LogP contribution in [0.5, 0.6) is 0 Å². The van der Waals surface area contributed by atoms with Gasteiger partial charge in [0.1, 0.15) is 23.4 Å². The molecule has 0 radical (unpaired) electrons. The van der Waals surface area contributed by atoms with E-state index in [0.717, 1.165) is 0 Å². The molecule has 3 rings (SSSR count). The molecule has 2 aromatic heterocycles. The highest BCUT2D eigenvalue weighted by Crippen LogP contribution is 2.27. The summed E-state index contributed by atoms with van der Waals surface area (Å²) in [4.78, 5) is 25.4. The summed E-state index contributed by atoms with van der Waals surface area (Å²) < 4.78 is 0. The second-order valence-electron chi connectivity index (χ2n) is 3.88. The van der Waals surface area contributed by atoms with Crippen molar-refractivity contribution in [2.45, 2.75) is 0 Å². The molecule has 1 aromatic carbocycles. The average Bonchev–Trinajstić information content (AvgIpc) is 2.82. The molecule has 2 heterocycles. The van der Waals surface area contributed by atoms with Gasteiger partial charge in [0.15, 0.2) is 5.65 Å². The molecule has 0 bridgehead atoms. The van der Waals surface area contributed by atoms with Gasteiger partial charge in [-0.05, 0) is 12.1 Å². The topological polar surface area (TPSA) is 124 Å². The summed E-state index contributed by atoms with van der Waals surface area (Å²) in [5.41, 5.74) is 7.25. The minimum atomic E-state index is -0.526. The van der Waals surface area contributed by atoms with Crippen LogP contribution in [0, 0.1) is 10.1 Å². The Morgan fingerprint density at radius 3 is 2.95 bits per heavy atom. The summed E-state index contributed by atoms with van der Waals surface area (Å²) in [7, 11) is 0. The first-order valence-corrected chi connectivity index (χ1v) is 5.35. The Hall–Kier alpha value is -3.03. The van der Waals surface area contributed by atoms with Gasteiger partial charge in [-0.25, -0.2) is 15.0 Å². The molecule has 94 valence electrons. The summed E-state index contributed by atoms with van der Waals surface area (Å²) in [5, 5.41) is 10.9. The lowest BCUT2D eigenvalue weighted by Gasteiger charge is -1.99. The number of aromatic nitrogens is 4. The number of benzene rings is 1. The summed E-state index contributed by atoms with van der Waals surface area (Å²) in [5.74, 6) is 0.485. The maximum atomic E-state index is 10.9. The molecule has 0 unspecified atom stereocenters. The number of hydrogen-bond acceptors (Lipinski definition) is 6. The lowest BCUT2D eigenvalue weighted by Crippen LogP contribution is -1.96. The van der Waals surface area contributed by atoms with Gasteiger partial charge in [0, 0.05) is 11.6 Å². The van der Waals surface area contributed by atoms with Crippen molar-refractivity contribution in [3.05, 3.63) is 40.8 Å². The molecular formula is C11H8N6O2. The predicted octanol–water partition coefficient (Wildman–Crippen LogP) is 1.51. The number of H-pyrrole nitrogens is 1. The number of nitro groups is 1. The molecule has 8 heteroatoms. The molecule has 0 aliphatic rings. The zero-order valence-corrected chi connectivity index (χ0v) is 9.57. The largest absolute Gasteiger partial charge is 0.393 e. The van der Waals surface area contributed by atoms with Crippen LogP contribution in [-0.2, 0) is 0 Å². The van der Waals surface area contributed by atoms with E-state index in [0.29, 0.717) is 22.6 Å².